The third kappa shape index (κ3) is 26.9. The molecule has 1 fully saturated rings. The van der Waals surface area contributed by atoms with Gasteiger partial charge in [0.25, 0.3) is 0 Å². The van der Waals surface area contributed by atoms with Gasteiger partial charge in [0.15, 0.2) is 0 Å². The molecule has 0 amide bonds. The van der Waals surface area contributed by atoms with Gasteiger partial charge in [0, 0.05) is 19.4 Å². The van der Waals surface area contributed by atoms with E-state index in [0.29, 0.717) is 18.3 Å². The van der Waals surface area contributed by atoms with Crippen LogP contribution in [0.15, 0.2) is 0 Å². The Morgan fingerprint density at radius 1 is 0.542 bits per heavy atom. The van der Waals surface area contributed by atoms with Crippen LogP contribution in [0, 0.1) is 17.8 Å². The Bertz CT molecular complexity index is 708. The van der Waals surface area contributed by atoms with Gasteiger partial charge in [-0.2, -0.15) is 0 Å². The molecule has 0 aromatic carbocycles. The number of hydrogen-bond donors (Lipinski definition) is 0. The van der Waals surface area contributed by atoms with Crippen LogP contribution in [0.1, 0.15) is 226 Å². The molecule has 1 aliphatic heterocycles. The molecule has 1 heterocycles. The molecule has 0 aliphatic carbocycles. The number of nitrogens with zero attached hydrogens (tertiary/aromatic N) is 1. The van der Waals surface area contributed by atoms with Gasteiger partial charge in [-0.25, -0.2) is 0 Å². The molecule has 1 saturated heterocycles. The lowest BCUT2D eigenvalue weighted by Gasteiger charge is -2.19. The Labute approximate surface area is 301 Å². The summed E-state index contributed by atoms with van der Waals surface area (Å²) in [5.74, 6) is 1.87. The number of rotatable bonds is 36. The molecule has 0 aromatic rings. The maximum atomic E-state index is 12.8. The predicted molar refractivity (Wildman–Crippen MR) is 209 cm³/mol. The molecule has 1 rings (SSSR count). The summed E-state index contributed by atoms with van der Waals surface area (Å²) in [4.78, 5) is 27.7. The van der Waals surface area contributed by atoms with Crippen molar-refractivity contribution in [1.82, 2.24) is 4.90 Å². The molecule has 1 aliphatic rings. The third-order valence-electron chi connectivity index (χ3n) is 11.2. The van der Waals surface area contributed by atoms with Crippen LogP contribution in [0.3, 0.4) is 0 Å². The molecule has 4 heteroatoms. The van der Waals surface area contributed by atoms with Crippen molar-refractivity contribution in [1.29, 1.82) is 0 Å². The maximum Gasteiger partial charge on any atom is 0.310 e. The minimum Gasteiger partial charge on any atom is -0.465 e. The number of Topliss-reactive ketones (excluding diaryl/α,β-unsaturated/α-hetero) is 1. The lowest BCUT2D eigenvalue weighted by molar-refractivity contribution is -0.149. The number of carbonyl (C=O) groups excluding carboxylic acids is 2. The molecule has 0 bridgehead atoms. The fraction of sp³-hybridized carbons (Fsp3) is 0.955. The fourth-order valence-electron chi connectivity index (χ4n) is 7.83. The van der Waals surface area contributed by atoms with E-state index in [9.17, 15) is 9.59 Å². The van der Waals surface area contributed by atoms with E-state index in [2.05, 4.69) is 32.7 Å². The molecule has 284 valence electrons. The van der Waals surface area contributed by atoms with Crippen LogP contribution >= 0.6 is 0 Å². The Morgan fingerprint density at radius 3 is 1.40 bits per heavy atom. The molecule has 0 saturated carbocycles. The number of ether oxygens (including phenoxy) is 1. The number of unbranched alkanes of at least 4 members (excludes halogenated alkanes) is 19. The Hall–Kier alpha value is -0.900. The van der Waals surface area contributed by atoms with Crippen molar-refractivity contribution in [2.24, 2.45) is 17.8 Å². The summed E-state index contributed by atoms with van der Waals surface area (Å²) in [7, 11) is 2.09. The van der Waals surface area contributed by atoms with Crippen molar-refractivity contribution in [3.05, 3.63) is 0 Å². The van der Waals surface area contributed by atoms with Gasteiger partial charge >= 0.3 is 5.97 Å². The first-order chi connectivity index (χ1) is 23.5. The van der Waals surface area contributed by atoms with Crippen molar-refractivity contribution < 1.29 is 14.3 Å². The van der Waals surface area contributed by atoms with Crippen LogP contribution in [-0.4, -0.2) is 43.4 Å². The third-order valence-corrected chi connectivity index (χ3v) is 11.2. The molecule has 2 unspecified atom stereocenters. The van der Waals surface area contributed by atoms with Gasteiger partial charge in [-0.3, -0.25) is 9.59 Å². The summed E-state index contributed by atoms with van der Waals surface area (Å²) in [5.41, 5.74) is 0. The molecule has 0 radical (unpaired) electrons. The Morgan fingerprint density at radius 2 is 0.938 bits per heavy atom. The summed E-state index contributed by atoms with van der Waals surface area (Å²) in [6, 6.07) is 0. The lowest BCUT2D eigenvalue weighted by atomic mass is 9.89. The summed E-state index contributed by atoms with van der Waals surface area (Å²) < 4.78 is 5.89. The topological polar surface area (TPSA) is 46.6 Å². The van der Waals surface area contributed by atoms with Crippen molar-refractivity contribution in [3.63, 3.8) is 0 Å². The minimum atomic E-state index is 0.0204. The van der Waals surface area contributed by atoms with Gasteiger partial charge in [-0.15, -0.1) is 0 Å². The van der Waals surface area contributed by atoms with Crippen LogP contribution in [0.4, 0.5) is 0 Å². The second-order valence-corrected chi connectivity index (χ2v) is 16.0. The quantitative estimate of drug-likeness (QED) is 0.0490. The van der Waals surface area contributed by atoms with E-state index < -0.39 is 0 Å². The van der Waals surface area contributed by atoms with E-state index in [1.807, 2.05) is 0 Å². The second-order valence-electron chi connectivity index (χ2n) is 16.0. The number of carbonyl (C=O) groups is 2. The zero-order valence-electron chi connectivity index (χ0n) is 33.2. The zero-order chi connectivity index (χ0) is 34.9. The molecule has 0 spiro atoms. The highest BCUT2D eigenvalue weighted by Gasteiger charge is 2.28. The highest BCUT2D eigenvalue weighted by molar-refractivity contribution is 5.78. The van der Waals surface area contributed by atoms with Crippen molar-refractivity contribution >= 4 is 11.8 Å². The Balaban J connectivity index is 2.32. The van der Waals surface area contributed by atoms with Crippen LogP contribution in [0.5, 0.6) is 0 Å². The molecular weight excluding hydrogens is 590 g/mol. The molecule has 2 atom stereocenters. The van der Waals surface area contributed by atoms with Crippen molar-refractivity contribution in [2.75, 3.05) is 26.7 Å². The molecule has 0 N–H and O–H groups in total. The highest BCUT2D eigenvalue weighted by atomic mass is 16.5. The second kappa shape index (κ2) is 33.3. The molecular formula is C44H85NO3. The molecule has 0 aromatic heterocycles. The Kier molecular flexibility index (Phi) is 31.3. The normalized spacial score (nSPS) is 15.8. The first-order valence-corrected chi connectivity index (χ1v) is 21.9. The number of hydrogen-bond acceptors (Lipinski definition) is 4. The zero-order valence-corrected chi connectivity index (χ0v) is 33.2. The van der Waals surface area contributed by atoms with Gasteiger partial charge in [-0.05, 0) is 57.5 Å². The van der Waals surface area contributed by atoms with Gasteiger partial charge in [0.05, 0.1) is 12.5 Å². The van der Waals surface area contributed by atoms with Gasteiger partial charge < -0.3 is 9.64 Å². The minimum absolute atomic E-state index is 0.0204. The number of likely N-dealkylation sites (tertiary alicyclic amines) is 1. The van der Waals surface area contributed by atoms with Crippen molar-refractivity contribution in [3.8, 4) is 0 Å². The first-order valence-electron chi connectivity index (χ1n) is 21.9. The van der Waals surface area contributed by atoms with E-state index in [1.165, 1.54) is 154 Å². The van der Waals surface area contributed by atoms with Crippen LogP contribution < -0.4 is 0 Å². The first kappa shape index (κ1) is 45.1. The van der Waals surface area contributed by atoms with Crippen molar-refractivity contribution in [2.45, 2.75) is 226 Å². The van der Waals surface area contributed by atoms with Gasteiger partial charge in [0.2, 0.25) is 0 Å². The summed E-state index contributed by atoms with van der Waals surface area (Å²) in [6.45, 7) is 9.30. The van der Waals surface area contributed by atoms with E-state index in [1.54, 1.807) is 0 Å². The molecule has 4 nitrogen and oxygen atoms in total. The SMILES string of the molecule is CCCCCCCCCCC(CCCCCC(=O)CCCC(CCCCCCCC)CCCCCCCC)COC(=O)C1CCN(C)C1. The monoisotopic (exact) mass is 676 g/mol. The van der Waals surface area contributed by atoms with E-state index in [-0.39, 0.29) is 11.9 Å². The van der Waals surface area contributed by atoms with Crippen LogP contribution in [0.2, 0.25) is 0 Å². The average Bonchev–Trinajstić information content (AvgIpc) is 3.53. The van der Waals surface area contributed by atoms with Crippen LogP contribution in [0.25, 0.3) is 0 Å². The van der Waals surface area contributed by atoms with E-state index in [0.717, 1.165) is 70.4 Å². The predicted octanol–water partition coefficient (Wildman–Crippen LogP) is 13.4. The largest absolute Gasteiger partial charge is 0.465 e. The molecule has 48 heavy (non-hydrogen) atoms. The summed E-state index contributed by atoms with van der Waals surface area (Å²) in [6.07, 6.45) is 40.5. The smallest absolute Gasteiger partial charge is 0.310 e. The highest BCUT2D eigenvalue weighted by Crippen LogP contribution is 2.25. The lowest BCUT2D eigenvalue weighted by Crippen LogP contribution is -2.24. The number of esters is 1. The van der Waals surface area contributed by atoms with E-state index in [4.69, 9.17) is 4.74 Å². The van der Waals surface area contributed by atoms with Gasteiger partial charge in [-0.1, -0.05) is 181 Å². The fourth-order valence-corrected chi connectivity index (χ4v) is 7.83. The maximum absolute atomic E-state index is 12.8. The standard InChI is InChI=1S/C44H85NO3/c1-5-8-11-14-17-18-21-25-31-41(39-48-44(47)42-36-37-45(4)38-42)32-26-22-27-34-43(46)35-28-33-40(29-23-19-15-12-9-6-2)30-24-20-16-13-10-7-3/h40-42H,5-39H2,1-4H3. The summed E-state index contributed by atoms with van der Waals surface area (Å²) >= 11 is 0. The van der Waals surface area contributed by atoms with E-state index >= 15 is 0 Å². The average molecular weight is 676 g/mol. The summed E-state index contributed by atoms with van der Waals surface area (Å²) in [5, 5.41) is 0. The van der Waals surface area contributed by atoms with Crippen LogP contribution in [-0.2, 0) is 14.3 Å². The number of ketones is 1. The van der Waals surface area contributed by atoms with Gasteiger partial charge in [0.1, 0.15) is 5.78 Å².